The largest absolute Gasteiger partial charge is 0.355 e. The first-order valence-electron chi connectivity index (χ1n) is 9.44. The van der Waals surface area contributed by atoms with E-state index in [4.69, 9.17) is 0 Å². The van der Waals surface area contributed by atoms with Crippen molar-refractivity contribution in [3.05, 3.63) is 35.4 Å². The van der Waals surface area contributed by atoms with Crippen molar-refractivity contribution in [2.45, 2.75) is 57.4 Å². The van der Waals surface area contributed by atoms with E-state index in [-0.39, 0.29) is 35.9 Å². The molecule has 0 radical (unpaired) electrons. The number of rotatable bonds is 7. The maximum Gasteiger partial charge on any atom is 0.251 e. The van der Waals surface area contributed by atoms with Crippen LogP contribution in [0.5, 0.6) is 0 Å². The fraction of sp³-hybridized carbons (Fsp3) is 0.600. The van der Waals surface area contributed by atoms with E-state index in [1.54, 1.807) is 7.05 Å². The molecule has 1 aromatic carbocycles. The zero-order valence-electron chi connectivity index (χ0n) is 16.8. The number of nitrogens with one attached hydrogen (secondary N) is 3. The van der Waals surface area contributed by atoms with E-state index in [0.717, 1.165) is 24.5 Å². The highest BCUT2D eigenvalue weighted by atomic mass is 127. The SMILES string of the molecule is CCC(C)NC(=O)c1cccc(CNC(=NC)NCC2(C)CCCS2)c1.I. The van der Waals surface area contributed by atoms with Crippen molar-refractivity contribution in [2.75, 3.05) is 19.3 Å². The number of thioether (sulfide) groups is 1. The summed E-state index contributed by atoms with van der Waals surface area (Å²) < 4.78 is 0.297. The van der Waals surface area contributed by atoms with Crippen molar-refractivity contribution in [2.24, 2.45) is 4.99 Å². The molecule has 1 aliphatic rings. The lowest BCUT2D eigenvalue weighted by molar-refractivity contribution is 0.0939. The molecule has 2 unspecified atom stereocenters. The second-order valence-corrected chi connectivity index (χ2v) is 8.85. The topological polar surface area (TPSA) is 65.5 Å². The zero-order chi connectivity index (χ0) is 19.0. The Labute approximate surface area is 185 Å². The van der Waals surface area contributed by atoms with Crippen molar-refractivity contribution in [1.82, 2.24) is 16.0 Å². The third kappa shape index (κ3) is 7.89. The van der Waals surface area contributed by atoms with Crippen LogP contribution in [0.2, 0.25) is 0 Å². The van der Waals surface area contributed by atoms with Gasteiger partial charge in [-0.1, -0.05) is 19.1 Å². The highest BCUT2D eigenvalue weighted by Crippen LogP contribution is 2.36. The third-order valence-corrected chi connectivity index (χ3v) is 6.33. The minimum Gasteiger partial charge on any atom is -0.355 e. The molecule has 1 amide bonds. The normalized spacial score (nSPS) is 20.5. The number of hydrogen-bond acceptors (Lipinski definition) is 3. The van der Waals surface area contributed by atoms with Gasteiger partial charge in [0, 0.05) is 36.5 Å². The van der Waals surface area contributed by atoms with Gasteiger partial charge in [-0.3, -0.25) is 9.79 Å². The van der Waals surface area contributed by atoms with Gasteiger partial charge in [0.15, 0.2) is 5.96 Å². The highest BCUT2D eigenvalue weighted by molar-refractivity contribution is 14.0. The summed E-state index contributed by atoms with van der Waals surface area (Å²) in [6, 6.07) is 7.92. The first-order valence-corrected chi connectivity index (χ1v) is 10.4. The van der Waals surface area contributed by atoms with Crippen LogP contribution in [0.3, 0.4) is 0 Å². The number of guanidine groups is 1. The molecule has 0 aliphatic carbocycles. The average Bonchev–Trinajstić information content (AvgIpc) is 3.08. The first kappa shape index (κ1) is 24.1. The predicted octanol–water partition coefficient (Wildman–Crippen LogP) is 3.78. The number of amides is 1. The molecule has 1 aromatic rings. The van der Waals surface area contributed by atoms with E-state index in [2.05, 4.69) is 34.8 Å². The van der Waals surface area contributed by atoms with E-state index in [1.807, 2.05) is 43.0 Å². The lowest BCUT2D eigenvalue weighted by Crippen LogP contribution is -2.43. The second-order valence-electron chi connectivity index (χ2n) is 7.16. The molecule has 0 aromatic heterocycles. The highest BCUT2D eigenvalue weighted by Gasteiger charge is 2.29. The van der Waals surface area contributed by atoms with Gasteiger partial charge in [0.05, 0.1) is 0 Å². The van der Waals surface area contributed by atoms with Crippen LogP contribution in [0.25, 0.3) is 0 Å². The van der Waals surface area contributed by atoms with Gasteiger partial charge in [-0.05, 0) is 56.6 Å². The number of carbonyl (C=O) groups excluding carboxylic acids is 1. The molecule has 0 saturated carbocycles. The Kier molecular flexibility index (Phi) is 10.5. The number of carbonyl (C=O) groups is 1. The number of benzene rings is 1. The van der Waals surface area contributed by atoms with Crippen molar-refractivity contribution in [3.8, 4) is 0 Å². The number of halogens is 1. The fourth-order valence-electron chi connectivity index (χ4n) is 2.89. The molecule has 3 N–H and O–H groups in total. The quantitative estimate of drug-likeness (QED) is 0.301. The number of aliphatic imine (C=N–C) groups is 1. The zero-order valence-corrected chi connectivity index (χ0v) is 19.9. The summed E-state index contributed by atoms with van der Waals surface area (Å²) in [5.41, 5.74) is 1.76. The molecule has 1 aliphatic heterocycles. The molecule has 0 spiro atoms. The first-order chi connectivity index (χ1) is 12.5. The third-order valence-electron chi connectivity index (χ3n) is 4.79. The van der Waals surface area contributed by atoms with Gasteiger partial charge in [0.25, 0.3) is 5.91 Å². The molecule has 2 atom stereocenters. The average molecular weight is 504 g/mol. The summed E-state index contributed by atoms with van der Waals surface area (Å²) >= 11 is 2.03. The minimum atomic E-state index is -0.0186. The molecule has 152 valence electrons. The Hall–Kier alpha value is -0.960. The van der Waals surface area contributed by atoms with Gasteiger partial charge in [-0.15, -0.1) is 24.0 Å². The van der Waals surface area contributed by atoms with Gasteiger partial charge >= 0.3 is 0 Å². The van der Waals surface area contributed by atoms with E-state index < -0.39 is 0 Å². The maximum absolute atomic E-state index is 12.3. The summed E-state index contributed by atoms with van der Waals surface area (Å²) in [7, 11) is 1.79. The molecule has 1 fully saturated rings. The van der Waals surface area contributed by atoms with Gasteiger partial charge in [0.2, 0.25) is 0 Å². The molecular weight excluding hydrogens is 471 g/mol. The van der Waals surface area contributed by atoms with Crippen LogP contribution in [0.4, 0.5) is 0 Å². The molecule has 7 heteroatoms. The summed E-state index contributed by atoms with van der Waals surface area (Å²) in [4.78, 5) is 16.6. The predicted molar refractivity (Wildman–Crippen MR) is 127 cm³/mol. The monoisotopic (exact) mass is 504 g/mol. The van der Waals surface area contributed by atoms with Crippen LogP contribution < -0.4 is 16.0 Å². The van der Waals surface area contributed by atoms with Gasteiger partial charge in [-0.25, -0.2) is 0 Å². The van der Waals surface area contributed by atoms with Crippen LogP contribution in [0.15, 0.2) is 29.3 Å². The van der Waals surface area contributed by atoms with Crippen molar-refractivity contribution in [1.29, 1.82) is 0 Å². The standard InChI is InChI=1S/C20H32N4OS.HI/c1-5-15(2)24-18(25)17-9-6-8-16(12-17)13-22-19(21-4)23-14-20(3)10-7-11-26-20;/h6,8-9,12,15H,5,7,10-11,13-14H2,1-4H3,(H,24,25)(H2,21,22,23);1H. The van der Waals surface area contributed by atoms with Crippen LogP contribution >= 0.6 is 35.7 Å². The number of nitrogens with zero attached hydrogens (tertiary/aromatic N) is 1. The smallest absolute Gasteiger partial charge is 0.251 e. The maximum atomic E-state index is 12.3. The Morgan fingerprint density at radius 2 is 2.15 bits per heavy atom. The molecule has 2 rings (SSSR count). The Balaban J connectivity index is 0.00000364. The van der Waals surface area contributed by atoms with E-state index in [9.17, 15) is 4.79 Å². The van der Waals surface area contributed by atoms with Crippen LogP contribution in [0.1, 0.15) is 56.0 Å². The molecule has 5 nitrogen and oxygen atoms in total. The van der Waals surface area contributed by atoms with Crippen LogP contribution in [0, 0.1) is 0 Å². The molecule has 1 heterocycles. The van der Waals surface area contributed by atoms with Crippen LogP contribution in [-0.4, -0.2) is 42.0 Å². The van der Waals surface area contributed by atoms with Crippen LogP contribution in [-0.2, 0) is 6.54 Å². The summed E-state index contributed by atoms with van der Waals surface area (Å²) in [5.74, 6) is 2.03. The summed E-state index contributed by atoms with van der Waals surface area (Å²) in [6.45, 7) is 7.93. The minimum absolute atomic E-state index is 0. The van der Waals surface area contributed by atoms with Crippen molar-refractivity contribution >= 4 is 47.6 Å². The van der Waals surface area contributed by atoms with Gasteiger partial charge in [0.1, 0.15) is 0 Å². The second kappa shape index (κ2) is 11.8. The molecule has 1 saturated heterocycles. The van der Waals surface area contributed by atoms with Crippen molar-refractivity contribution in [3.63, 3.8) is 0 Å². The molecule has 0 bridgehead atoms. The molecular formula is C20H33IN4OS. The van der Waals surface area contributed by atoms with Gasteiger partial charge < -0.3 is 16.0 Å². The Bertz CT molecular complexity index is 632. The lowest BCUT2D eigenvalue weighted by Gasteiger charge is -2.24. The van der Waals surface area contributed by atoms with E-state index in [1.165, 1.54) is 18.6 Å². The van der Waals surface area contributed by atoms with Crippen molar-refractivity contribution < 1.29 is 4.79 Å². The summed E-state index contributed by atoms with van der Waals surface area (Å²) in [6.07, 6.45) is 3.46. The fourth-order valence-corrected chi connectivity index (χ4v) is 4.13. The Morgan fingerprint density at radius 3 is 2.78 bits per heavy atom. The van der Waals surface area contributed by atoms with Gasteiger partial charge in [-0.2, -0.15) is 11.8 Å². The lowest BCUT2D eigenvalue weighted by atomic mass is 10.1. The summed E-state index contributed by atoms with van der Waals surface area (Å²) in [5, 5.41) is 9.78. The van der Waals surface area contributed by atoms with E-state index in [0.29, 0.717) is 16.9 Å². The molecule has 27 heavy (non-hydrogen) atoms. The number of hydrogen-bond donors (Lipinski definition) is 3. The van der Waals surface area contributed by atoms with E-state index >= 15 is 0 Å². The Morgan fingerprint density at radius 1 is 1.37 bits per heavy atom.